The quantitative estimate of drug-likeness (QED) is 0.799. The molecule has 0 saturated carbocycles. The molecule has 2 rings (SSSR count). The average Bonchev–Trinajstić information content (AvgIpc) is 2.29. The first-order valence-corrected chi connectivity index (χ1v) is 5.80. The van der Waals surface area contributed by atoms with E-state index in [1.165, 1.54) is 16.3 Å². The second kappa shape index (κ2) is 4.58. The number of nitrogens with one attached hydrogen (secondary N) is 1. The van der Waals surface area contributed by atoms with Crippen LogP contribution in [0.1, 0.15) is 19.4 Å². The van der Waals surface area contributed by atoms with Crippen molar-refractivity contribution in [3.05, 3.63) is 48.0 Å². The van der Waals surface area contributed by atoms with Crippen LogP contribution in [0, 0.1) is 0 Å². The molecular weight excluding hydrogens is 210 g/mol. The van der Waals surface area contributed by atoms with Crippen molar-refractivity contribution in [2.75, 3.05) is 0 Å². The second-order valence-electron chi connectivity index (χ2n) is 4.96. The van der Waals surface area contributed by atoms with Crippen molar-refractivity contribution >= 4 is 17.2 Å². The Hall–Kier alpha value is -1.83. The number of hydrogen-bond acceptors (Lipinski definition) is 1. The Labute approximate surface area is 102 Å². The smallest absolute Gasteiger partial charge is 0.207 e. The molecule has 0 aromatic heterocycles. The molecule has 1 amide bonds. The van der Waals surface area contributed by atoms with Crippen molar-refractivity contribution < 1.29 is 4.79 Å². The summed E-state index contributed by atoms with van der Waals surface area (Å²) in [6.07, 6.45) is 1.60. The van der Waals surface area contributed by atoms with Crippen molar-refractivity contribution in [3.63, 3.8) is 0 Å². The number of rotatable bonds is 4. The Morgan fingerprint density at radius 1 is 1.12 bits per heavy atom. The highest BCUT2D eigenvalue weighted by Gasteiger charge is 2.17. The molecule has 0 radical (unpaired) electrons. The fourth-order valence-electron chi connectivity index (χ4n) is 2.13. The summed E-state index contributed by atoms with van der Waals surface area (Å²) in [5, 5.41) is 5.36. The Morgan fingerprint density at radius 3 is 2.59 bits per heavy atom. The lowest BCUT2D eigenvalue weighted by atomic mass is 9.92. The van der Waals surface area contributed by atoms with E-state index < -0.39 is 0 Å². The van der Waals surface area contributed by atoms with Gasteiger partial charge in [0.15, 0.2) is 0 Å². The maximum atomic E-state index is 10.6. The highest BCUT2D eigenvalue weighted by atomic mass is 16.1. The van der Waals surface area contributed by atoms with E-state index in [0.717, 1.165) is 12.8 Å². The summed E-state index contributed by atoms with van der Waals surface area (Å²) in [5.74, 6) is 0. The molecule has 0 aliphatic carbocycles. The van der Waals surface area contributed by atoms with E-state index >= 15 is 0 Å². The molecule has 0 saturated heterocycles. The topological polar surface area (TPSA) is 29.1 Å². The zero-order valence-corrected chi connectivity index (χ0v) is 10.2. The van der Waals surface area contributed by atoms with Gasteiger partial charge in [-0.1, -0.05) is 42.5 Å². The Balaban J connectivity index is 2.39. The maximum Gasteiger partial charge on any atom is 0.207 e. The van der Waals surface area contributed by atoms with Gasteiger partial charge in [0.25, 0.3) is 0 Å². The van der Waals surface area contributed by atoms with Crippen molar-refractivity contribution in [2.24, 2.45) is 0 Å². The minimum absolute atomic E-state index is 0.216. The van der Waals surface area contributed by atoms with Crippen LogP contribution in [0.4, 0.5) is 0 Å². The number of fused-ring (bicyclic) bond motifs is 1. The molecule has 0 aliphatic heterocycles. The van der Waals surface area contributed by atoms with E-state index in [2.05, 4.69) is 35.6 Å². The van der Waals surface area contributed by atoms with Crippen LogP contribution in [0.25, 0.3) is 10.8 Å². The summed E-state index contributed by atoms with van der Waals surface area (Å²) in [6.45, 7) is 4.06. The molecule has 0 fully saturated rings. The highest BCUT2D eigenvalue weighted by Crippen LogP contribution is 2.22. The van der Waals surface area contributed by atoms with Gasteiger partial charge in [0, 0.05) is 5.54 Å². The number of carbonyl (C=O) groups is 1. The van der Waals surface area contributed by atoms with Gasteiger partial charge in [0.2, 0.25) is 6.41 Å². The predicted molar refractivity (Wildman–Crippen MR) is 70.9 cm³/mol. The van der Waals surface area contributed by atoms with Gasteiger partial charge in [-0.2, -0.15) is 0 Å². The lowest BCUT2D eigenvalue weighted by molar-refractivity contribution is -0.110. The summed E-state index contributed by atoms with van der Waals surface area (Å²) in [4.78, 5) is 10.6. The van der Waals surface area contributed by atoms with Gasteiger partial charge in [0.1, 0.15) is 0 Å². The van der Waals surface area contributed by atoms with E-state index in [1.807, 2.05) is 26.0 Å². The molecule has 0 heterocycles. The number of benzene rings is 2. The summed E-state index contributed by atoms with van der Waals surface area (Å²) in [6, 6.07) is 14.6. The minimum Gasteiger partial charge on any atom is -0.353 e. The highest BCUT2D eigenvalue weighted by molar-refractivity contribution is 5.85. The normalized spacial score (nSPS) is 11.4. The van der Waals surface area contributed by atoms with Gasteiger partial charge < -0.3 is 5.32 Å². The zero-order chi connectivity index (χ0) is 12.3. The number of carbonyl (C=O) groups excluding carboxylic acids is 1. The molecule has 17 heavy (non-hydrogen) atoms. The van der Waals surface area contributed by atoms with Crippen molar-refractivity contribution in [3.8, 4) is 0 Å². The zero-order valence-electron chi connectivity index (χ0n) is 10.2. The first kappa shape index (κ1) is 11.6. The van der Waals surface area contributed by atoms with E-state index in [9.17, 15) is 4.79 Å². The monoisotopic (exact) mass is 227 g/mol. The van der Waals surface area contributed by atoms with Crippen LogP contribution < -0.4 is 5.32 Å². The van der Waals surface area contributed by atoms with Gasteiger partial charge in [-0.3, -0.25) is 4.79 Å². The molecule has 88 valence electrons. The van der Waals surface area contributed by atoms with E-state index in [-0.39, 0.29) is 5.54 Å². The molecule has 0 bridgehead atoms. The number of amides is 1. The molecule has 0 spiro atoms. The third kappa shape index (κ3) is 2.64. The van der Waals surface area contributed by atoms with E-state index in [1.54, 1.807) is 0 Å². The lowest BCUT2D eigenvalue weighted by Crippen LogP contribution is -2.40. The maximum absolute atomic E-state index is 10.6. The standard InChI is InChI=1S/C15H17NO/c1-15(2,16-11-17)10-13-8-5-7-12-6-3-4-9-14(12)13/h3-9,11H,10H2,1-2H3,(H,16,17). The van der Waals surface area contributed by atoms with Gasteiger partial charge >= 0.3 is 0 Å². The van der Waals surface area contributed by atoms with Gasteiger partial charge in [-0.05, 0) is 36.6 Å². The van der Waals surface area contributed by atoms with E-state index in [4.69, 9.17) is 0 Å². The van der Waals surface area contributed by atoms with Crippen LogP contribution in [-0.4, -0.2) is 11.9 Å². The molecule has 1 N–H and O–H groups in total. The van der Waals surface area contributed by atoms with Crippen LogP contribution in [0.2, 0.25) is 0 Å². The summed E-state index contributed by atoms with van der Waals surface area (Å²) >= 11 is 0. The van der Waals surface area contributed by atoms with E-state index in [0.29, 0.717) is 0 Å². The van der Waals surface area contributed by atoms with Gasteiger partial charge in [-0.25, -0.2) is 0 Å². The molecule has 2 nitrogen and oxygen atoms in total. The average molecular weight is 227 g/mol. The largest absolute Gasteiger partial charge is 0.353 e. The SMILES string of the molecule is CC(C)(Cc1cccc2ccccc12)NC=O. The lowest BCUT2D eigenvalue weighted by Gasteiger charge is -2.24. The van der Waals surface area contributed by atoms with Gasteiger partial charge in [-0.15, -0.1) is 0 Å². The fraction of sp³-hybridized carbons (Fsp3) is 0.267. The summed E-state index contributed by atoms with van der Waals surface area (Å²) < 4.78 is 0. The molecule has 2 aromatic carbocycles. The third-order valence-corrected chi connectivity index (χ3v) is 2.96. The summed E-state index contributed by atoms with van der Waals surface area (Å²) in [5.41, 5.74) is 1.05. The Bertz CT molecular complexity index is 526. The van der Waals surface area contributed by atoms with Crippen LogP contribution in [0.15, 0.2) is 42.5 Å². The summed E-state index contributed by atoms with van der Waals surface area (Å²) in [7, 11) is 0. The first-order valence-electron chi connectivity index (χ1n) is 5.80. The van der Waals surface area contributed by atoms with Crippen LogP contribution in [0.3, 0.4) is 0 Å². The molecule has 2 heteroatoms. The van der Waals surface area contributed by atoms with Crippen molar-refractivity contribution in [1.82, 2.24) is 5.32 Å². The third-order valence-electron chi connectivity index (χ3n) is 2.96. The second-order valence-corrected chi connectivity index (χ2v) is 4.96. The molecular formula is C15H17NO. The van der Waals surface area contributed by atoms with Crippen LogP contribution in [-0.2, 0) is 11.2 Å². The van der Waals surface area contributed by atoms with Crippen molar-refractivity contribution in [2.45, 2.75) is 25.8 Å². The Morgan fingerprint density at radius 2 is 1.82 bits per heavy atom. The van der Waals surface area contributed by atoms with Crippen LogP contribution in [0.5, 0.6) is 0 Å². The molecule has 0 aliphatic rings. The Kier molecular flexibility index (Phi) is 3.14. The minimum atomic E-state index is -0.216. The molecule has 2 aromatic rings. The van der Waals surface area contributed by atoms with Crippen LogP contribution >= 0.6 is 0 Å². The predicted octanol–water partition coefficient (Wildman–Crippen LogP) is 2.91. The fourth-order valence-corrected chi connectivity index (χ4v) is 2.13. The van der Waals surface area contributed by atoms with Crippen molar-refractivity contribution in [1.29, 1.82) is 0 Å². The number of hydrogen-bond donors (Lipinski definition) is 1. The molecule has 0 unspecified atom stereocenters. The van der Waals surface area contributed by atoms with Gasteiger partial charge in [0.05, 0.1) is 0 Å². The first-order chi connectivity index (χ1) is 8.12. The molecule has 0 atom stereocenters.